The predicted molar refractivity (Wildman–Crippen MR) is 102 cm³/mol. The number of carbonyl (C=O) groups excluding carboxylic acids is 2. The van der Waals surface area contributed by atoms with Gasteiger partial charge in [0, 0.05) is 11.1 Å². The summed E-state index contributed by atoms with van der Waals surface area (Å²) in [4.78, 5) is 24.5. The molecular formula is C20H18N2O5S. The molecule has 8 heteroatoms. The molecule has 0 aliphatic rings. The Morgan fingerprint density at radius 3 is 2.21 bits per heavy atom. The first-order valence-electron chi connectivity index (χ1n) is 8.38. The molecule has 0 radical (unpaired) electrons. The third kappa shape index (κ3) is 4.47. The molecule has 0 aliphatic heterocycles. The summed E-state index contributed by atoms with van der Waals surface area (Å²) in [5, 5.41) is 0. The molecule has 0 bridgehead atoms. The second-order valence-electron chi connectivity index (χ2n) is 6.12. The summed E-state index contributed by atoms with van der Waals surface area (Å²) < 4.78 is 30.2. The molecule has 0 unspecified atom stereocenters. The van der Waals surface area contributed by atoms with E-state index in [2.05, 4.69) is 10.9 Å². The molecule has 3 aromatic rings. The van der Waals surface area contributed by atoms with Crippen LogP contribution < -0.4 is 10.9 Å². The molecule has 1 aromatic heterocycles. The van der Waals surface area contributed by atoms with Crippen molar-refractivity contribution in [1.82, 2.24) is 10.9 Å². The monoisotopic (exact) mass is 398 g/mol. The Balaban J connectivity index is 1.68. The second kappa shape index (κ2) is 8.10. The van der Waals surface area contributed by atoms with Gasteiger partial charge in [0.05, 0.1) is 16.9 Å². The first kappa shape index (κ1) is 19.4. The molecule has 2 N–H and O–H groups in total. The van der Waals surface area contributed by atoms with Crippen molar-refractivity contribution < 1.29 is 22.4 Å². The van der Waals surface area contributed by atoms with Crippen molar-refractivity contribution in [1.29, 1.82) is 0 Å². The number of rotatable bonds is 5. The van der Waals surface area contributed by atoms with Crippen LogP contribution in [0.5, 0.6) is 0 Å². The summed E-state index contributed by atoms with van der Waals surface area (Å²) in [6.07, 6.45) is 1.23. The lowest BCUT2D eigenvalue weighted by Crippen LogP contribution is -2.41. The maximum Gasteiger partial charge on any atom is 0.305 e. The molecule has 0 saturated heterocycles. The number of aryl methyl sites for hydroxylation is 1. The summed E-state index contributed by atoms with van der Waals surface area (Å²) in [5.74, 6) is -1.83. The third-order valence-corrected chi connectivity index (χ3v) is 5.69. The van der Waals surface area contributed by atoms with Gasteiger partial charge in [0.2, 0.25) is 0 Å². The van der Waals surface area contributed by atoms with Crippen LogP contribution in [-0.4, -0.2) is 20.2 Å². The highest BCUT2D eigenvalue weighted by Crippen LogP contribution is 2.19. The second-order valence-corrected chi connectivity index (χ2v) is 8.11. The van der Waals surface area contributed by atoms with Crippen LogP contribution in [0, 0.1) is 6.92 Å². The highest BCUT2D eigenvalue weighted by molar-refractivity contribution is 7.90. The van der Waals surface area contributed by atoms with Crippen LogP contribution in [0.2, 0.25) is 0 Å². The van der Waals surface area contributed by atoms with Gasteiger partial charge in [-0.05, 0) is 37.3 Å². The quantitative estimate of drug-likeness (QED) is 0.643. The number of sulfone groups is 1. The summed E-state index contributed by atoms with van der Waals surface area (Å²) >= 11 is 0. The van der Waals surface area contributed by atoms with Crippen LogP contribution in [0.4, 0.5) is 0 Å². The zero-order chi connectivity index (χ0) is 20.1. The fraction of sp³-hybridized carbons (Fsp3) is 0.100. The Morgan fingerprint density at radius 2 is 1.54 bits per heavy atom. The molecule has 0 aliphatic carbocycles. The summed E-state index contributed by atoms with van der Waals surface area (Å²) in [7, 11) is -3.64. The molecule has 0 atom stereocenters. The van der Waals surface area contributed by atoms with Crippen molar-refractivity contribution in [3.8, 4) is 0 Å². The van der Waals surface area contributed by atoms with Gasteiger partial charge in [-0.15, -0.1) is 0 Å². The van der Waals surface area contributed by atoms with Gasteiger partial charge in [-0.25, -0.2) is 8.42 Å². The first-order valence-corrected chi connectivity index (χ1v) is 10.0. The maximum atomic E-state index is 12.5. The van der Waals surface area contributed by atoms with Crippen molar-refractivity contribution in [2.24, 2.45) is 0 Å². The van der Waals surface area contributed by atoms with E-state index in [4.69, 9.17) is 4.42 Å². The SMILES string of the molecule is Cc1ccc(C(=O)NNC(=O)c2occc2CS(=O)(=O)c2ccccc2)cc1. The average molecular weight is 398 g/mol. The summed E-state index contributed by atoms with van der Waals surface area (Å²) in [6, 6.07) is 16.1. The molecule has 28 heavy (non-hydrogen) atoms. The molecule has 2 amide bonds. The van der Waals surface area contributed by atoms with Crippen molar-refractivity contribution >= 4 is 21.7 Å². The van der Waals surface area contributed by atoms with Gasteiger partial charge >= 0.3 is 5.91 Å². The van der Waals surface area contributed by atoms with E-state index in [9.17, 15) is 18.0 Å². The Hall–Kier alpha value is -3.39. The molecule has 1 heterocycles. The van der Waals surface area contributed by atoms with Crippen molar-refractivity contribution in [2.45, 2.75) is 17.6 Å². The molecule has 2 aromatic carbocycles. The van der Waals surface area contributed by atoms with Gasteiger partial charge in [0.1, 0.15) is 0 Å². The first-order chi connectivity index (χ1) is 13.4. The lowest BCUT2D eigenvalue weighted by Gasteiger charge is -2.08. The lowest BCUT2D eigenvalue weighted by atomic mass is 10.1. The van der Waals surface area contributed by atoms with E-state index < -0.39 is 27.4 Å². The normalized spacial score (nSPS) is 11.0. The highest BCUT2D eigenvalue weighted by atomic mass is 32.2. The smallest absolute Gasteiger partial charge is 0.305 e. The average Bonchev–Trinajstić information content (AvgIpc) is 3.14. The number of benzene rings is 2. The fourth-order valence-electron chi connectivity index (χ4n) is 2.51. The zero-order valence-corrected chi connectivity index (χ0v) is 15.8. The molecule has 3 rings (SSSR count). The van der Waals surface area contributed by atoms with E-state index in [1.54, 1.807) is 42.5 Å². The van der Waals surface area contributed by atoms with E-state index in [1.165, 1.54) is 24.5 Å². The van der Waals surface area contributed by atoms with Crippen molar-refractivity contribution in [3.63, 3.8) is 0 Å². The van der Waals surface area contributed by atoms with Crippen LogP contribution in [0.15, 0.2) is 76.2 Å². The molecule has 0 saturated carbocycles. The highest BCUT2D eigenvalue weighted by Gasteiger charge is 2.22. The van der Waals surface area contributed by atoms with E-state index in [0.29, 0.717) is 5.56 Å². The summed E-state index contributed by atoms with van der Waals surface area (Å²) in [6.45, 7) is 1.89. The van der Waals surface area contributed by atoms with Gasteiger partial charge in [-0.2, -0.15) is 0 Å². The lowest BCUT2D eigenvalue weighted by molar-refractivity contribution is 0.0830. The van der Waals surface area contributed by atoms with Crippen LogP contribution >= 0.6 is 0 Å². The van der Waals surface area contributed by atoms with Gasteiger partial charge in [-0.1, -0.05) is 35.9 Å². The Labute approximate surface area is 162 Å². The van der Waals surface area contributed by atoms with Crippen LogP contribution in [0.25, 0.3) is 0 Å². The Kier molecular flexibility index (Phi) is 5.60. The number of carbonyl (C=O) groups is 2. The molecular weight excluding hydrogens is 380 g/mol. The number of nitrogens with one attached hydrogen (secondary N) is 2. The van der Waals surface area contributed by atoms with E-state index in [1.807, 2.05) is 6.92 Å². The number of hydrogen-bond acceptors (Lipinski definition) is 5. The van der Waals surface area contributed by atoms with Gasteiger partial charge in [-0.3, -0.25) is 20.4 Å². The minimum Gasteiger partial charge on any atom is -0.459 e. The van der Waals surface area contributed by atoms with Gasteiger partial charge < -0.3 is 4.42 Å². The molecule has 0 spiro atoms. The fourth-order valence-corrected chi connectivity index (χ4v) is 3.89. The van der Waals surface area contributed by atoms with E-state index in [0.717, 1.165) is 5.56 Å². The standard InChI is InChI=1S/C20H18N2O5S/c1-14-7-9-15(10-8-14)19(23)21-22-20(24)18-16(11-12-27-18)13-28(25,26)17-5-3-2-4-6-17/h2-12H,13H2,1H3,(H,21,23)(H,22,24). The topological polar surface area (TPSA) is 105 Å². The largest absolute Gasteiger partial charge is 0.459 e. The van der Waals surface area contributed by atoms with Crippen molar-refractivity contribution in [2.75, 3.05) is 0 Å². The van der Waals surface area contributed by atoms with Crippen LogP contribution in [0.1, 0.15) is 32.0 Å². The summed E-state index contributed by atoms with van der Waals surface area (Å²) in [5.41, 5.74) is 6.09. The number of hydrogen-bond donors (Lipinski definition) is 2. The Bertz CT molecular complexity index is 1090. The van der Waals surface area contributed by atoms with Crippen LogP contribution in [-0.2, 0) is 15.6 Å². The minimum atomic E-state index is -3.64. The van der Waals surface area contributed by atoms with Crippen molar-refractivity contribution in [3.05, 3.63) is 89.4 Å². The van der Waals surface area contributed by atoms with Gasteiger partial charge in [0.25, 0.3) is 5.91 Å². The molecule has 144 valence electrons. The molecule has 0 fully saturated rings. The minimum absolute atomic E-state index is 0.148. The number of amides is 2. The van der Waals surface area contributed by atoms with E-state index >= 15 is 0 Å². The predicted octanol–water partition coefficient (Wildman–Crippen LogP) is 2.64. The number of furan rings is 1. The van der Waals surface area contributed by atoms with Gasteiger partial charge in [0.15, 0.2) is 15.6 Å². The zero-order valence-electron chi connectivity index (χ0n) is 15.0. The Morgan fingerprint density at radius 1 is 0.893 bits per heavy atom. The van der Waals surface area contributed by atoms with E-state index in [-0.39, 0.29) is 16.2 Å². The third-order valence-electron chi connectivity index (χ3n) is 4.00. The number of hydrazine groups is 1. The van der Waals surface area contributed by atoms with Crippen LogP contribution in [0.3, 0.4) is 0 Å². The molecule has 7 nitrogen and oxygen atoms in total. The maximum absolute atomic E-state index is 12.5.